The van der Waals surface area contributed by atoms with Gasteiger partial charge in [0.05, 0.1) is 19.8 Å². The minimum Gasteiger partial charge on any atom is -0.289 e. The molecule has 19 heavy (non-hydrogen) atoms. The van der Waals surface area contributed by atoms with Gasteiger partial charge in [-0.25, -0.2) is 4.98 Å². The van der Waals surface area contributed by atoms with Gasteiger partial charge in [-0.3, -0.25) is 10.1 Å². The van der Waals surface area contributed by atoms with Gasteiger partial charge in [0.25, 0.3) is 5.91 Å². The highest BCUT2D eigenvalue weighted by molar-refractivity contribution is 14.1. The lowest BCUT2D eigenvalue weighted by molar-refractivity contribution is 0.102. The Morgan fingerprint density at radius 2 is 2.05 bits per heavy atom. The number of aromatic nitrogens is 3. The number of amides is 1. The molecule has 0 aliphatic heterocycles. The van der Waals surface area contributed by atoms with Gasteiger partial charge in [-0.1, -0.05) is 13.8 Å². The fourth-order valence-corrected chi connectivity index (χ4v) is 2.92. The molecule has 0 aliphatic carbocycles. The SMILES string of the molecule is CCc1nnc(NC(=O)c2csc(I)c2)nc1CC. The fourth-order valence-electron chi connectivity index (χ4n) is 1.59. The topological polar surface area (TPSA) is 67.8 Å². The van der Waals surface area contributed by atoms with Crippen LogP contribution in [0.1, 0.15) is 35.6 Å². The number of carbonyl (C=O) groups is 1. The highest BCUT2D eigenvalue weighted by Gasteiger charge is 2.12. The summed E-state index contributed by atoms with van der Waals surface area (Å²) in [5.74, 6) is 0.0625. The molecule has 0 bridgehead atoms. The number of hydrogen-bond acceptors (Lipinski definition) is 5. The first kappa shape index (κ1) is 14.3. The van der Waals surface area contributed by atoms with E-state index in [4.69, 9.17) is 0 Å². The van der Waals surface area contributed by atoms with Crippen LogP contribution in [0.2, 0.25) is 0 Å². The molecule has 100 valence electrons. The molecule has 2 heterocycles. The summed E-state index contributed by atoms with van der Waals surface area (Å²) in [6, 6.07) is 1.83. The van der Waals surface area contributed by atoms with Gasteiger partial charge < -0.3 is 0 Å². The van der Waals surface area contributed by atoms with Crippen LogP contribution in [-0.2, 0) is 12.8 Å². The Balaban J connectivity index is 2.17. The fraction of sp³-hybridized carbons (Fsp3) is 0.333. The van der Waals surface area contributed by atoms with Crippen LogP contribution < -0.4 is 5.32 Å². The van der Waals surface area contributed by atoms with Crippen LogP contribution in [0.4, 0.5) is 5.95 Å². The van der Waals surface area contributed by atoms with Crippen LogP contribution in [0.15, 0.2) is 11.4 Å². The molecular formula is C12H13IN4OS. The molecule has 0 aromatic carbocycles. The molecular weight excluding hydrogens is 375 g/mol. The monoisotopic (exact) mass is 388 g/mol. The van der Waals surface area contributed by atoms with Crippen LogP contribution in [-0.4, -0.2) is 21.1 Å². The maximum absolute atomic E-state index is 12.0. The molecule has 1 N–H and O–H groups in total. The van der Waals surface area contributed by atoms with Crippen molar-refractivity contribution in [2.75, 3.05) is 5.32 Å². The van der Waals surface area contributed by atoms with E-state index in [-0.39, 0.29) is 11.9 Å². The van der Waals surface area contributed by atoms with Crippen molar-refractivity contribution in [1.29, 1.82) is 0 Å². The number of aryl methyl sites for hydroxylation is 2. The van der Waals surface area contributed by atoms with Crippen LogP contribution in [0, 0.1) is 2.88 Å². The largest absolute Gasteiger partial charge is 0.289 e. The summed E-state index contributed by atoms with van der Waals surface area (Å²) in [5, 5.41) is 12.5. The molecule has 0 fully saturated rings. The van der Waals surface area contributed by atoms with Crippen molar-refractivity contribution in [2.24, 2.45) is 0 Å². The molecule has 0 saturated carbocycles. The van der Waals surface area contributed by atoms with Crippen molar-refractivity contribution in [3.8, 4) is 0 Å². The second-order valence-corrected chi connectivity index (χ2v) is 6.63. The van der Waals surface area contributed by atoms with E-state index in [1.54, 1.807) is 0 Å². The van der Waals surface area contributed by atoms with Crippen LogP contribution >= 0.6 is 33.9 Å². The second kappa shape index (κ2) is 6.38. The molecule has 2 rings (SSSR count). The highest BCUT2D eigenvalue weighted by atomic mass is 127. The lowest BCUT2D eigenvalue weighted by Crippen LogP contribution is -2.15. The Labute approximate surface area is 129 Å². The van der Waals surface area contributed by atoms with E-state index in [1.165, 1.54) is 11.3 Å². The number of nitrogens with zero attached hydrogens (tertiary/aromatic N) is 3. The van der Waals surface area contributed by atoms with Crippen LogP contribution in [0.25, 0.3) is 0 Å². The highest BCUT2D eigenvalue weighted by Crippen LogP contribution is 2.17. The Bertz CT molecular complexity index is 599. The van der Waals surface area contributed by atoms with E-state index >= 15 is 0 Å². The number of thiophene rings is 1. The zero-order valence-corrected chi connectivity index (χ0v) is 13.6. The van der Waals surface area contributed by atoms with Crippen molar-refractivity contribution < 1.29 is 4.79 Å². The molecule has 0 aliphatic rings. The molecule has 0 saturated heterocycles. The standard InChI is InChI=1S/C12H13IN4OS/c1-3-8-9(4-2)16-17-12(14-8)15-11(18)7-5-10(13)19-6-7/h5-6H,3-4H2,1-2H3,(H,14,15,17,18). The first-order chi connectivity index (χ1) is 9.13. The first-order valence-corrected chi connectivity index (χ1v) is 7.87. The van der Waals surface area contributed by atoms with Gasteiger partial charge in [-0.2, -0.15) is 0 Å². The molecule has 0 spiro atoms. The summed E-state index contributed by atoms with van der Waals surface area (Å²) in [4.78, 5) is 16.3. The van der Waals surface area contributed by atoms with Gasteiger partial charge in [-0.15, -0.1) is 21.5 Å². The van der Waals surface area contributed by atoms with Gasteiger partial charge in [0.2, 0.25) is 5.95 Å². The molecule has 5 nitrogen and oxygen atoms in total. The smallest absolute Gasteiger partial charge is 0.258 e. The van der Waals surface area contributed by atoms with Crippen molar-refractivity contribution in [3.05, 3.63) is 31.3 Å². The zero-order chi connectivity index (χ0) is 13.8. The van der Waals surface area contributed by atoms with E-state index < -0.39 is 0 Å². The molecule has 7 heteroatoms. The predicted octanol–water partition coefficient (Wildman–Crippen LogP) is 2.91. The molecule has 0 unspecified atom stereocenters. The molecule has 1 amide bonds. The van der Waals surface area contributed by atoms with Crippen molar-refractivity contribution in [1.82, 2.24) is 15.2 Å². The summed E-state index contributed by atoms with van der Waals surface area (Å²) >= 11 is 3.71. The summed E-state index contributed by atoms with van der Waals surface area (Å²) in [6.07, 6.45) is 1.57. The number of anilines is 1. The second-order valence-electron chi connectivity index (χ2n) is 3.83. The van der Waals surface area contributed by atoms with E-state index in [9.17, 15) is 4.79 Å². The first-order valence-electron chi connectivity index (χ1n) is 5.91. The molecule has 0 radical (unpaired) electrons. The van der Waals surface area contributed by atoms with E-state index in [0.717, 1.165) is 27.1 Å². The Kier molecular flexibility index (Phi) is 4.81. The quantitative estimate of drug-likeness (QED) is 0.818. The van der Waals surface area contributed by atoms with Crippen molar-refractivity contribution in [2.45, 2.75) is 26.7 Å². The lowest BCUT2D eigenvalue weighted by atomic mass is 10.2. The van der Waals surface area contributed by atoms with Gasteiger partial charge in [0.15, 0.2) is 0 Å². The van der Waals surface area contributed by atoms with Gasteiger partial charge in [-0.05, 0) is 41.5 Å². The normalized spacial score (nSPS) is 10.5. The molecule has 2 aromatic rings. The average Bonchev–Trinajstić information content (AvgIpc) is 2.85. The Hall–Kier alpha value is -1.09. The van der Waals surface area contributed by atoms with Gasteiger partial charge in [0.1, 0.15) is 0 Å². The number of carbonyl (C=O) groups excluding carboxylic acids is 1. The van der Waals surface area contributed by atoms with Gasteiger partial charge in [0, 0.05) is 5.38 Å². The number of halogens is 1. The summed E-state index contributed by atoms with van der Waals surface area (Å²) in [5.41, 5.74) is 2.38. The number of rotatable bonds is 4. The summed E-state index contributed by atoms with van der Waals surface area (Å²) < 4.78 is 1.07. The number of hydrogen-bond donors (Lipinski definition) is 1. The Morgan fingerprint density at radius 3 is 2.63 bits per heavy atom. The van der Waals surface area contributed by atoms with Crippen molar-refractivity contribution >= 4 is 45.8 Å². The van der Waals surface area contributed by atoms with E-state index in [2.05, 4.69) is 43.1 Å². The maximum Gasteiger partial charge on any atom is 0.258 e. The lowest BCUT2D eigenvalue weighted by Gasteiger charge is -2.06. The summed E-state index contributed by atoms with van der Waals surface area (Å²) in [7, 11) is 0. The third kappa shape index (κ3) is 3.47. The molecule has 2 aromatic heterocycles. The average molecular weight is 388 g/mol. The minimum absolute atomic E-state index is 0.202. The van der Waals surface area contributed by atoms with Gasteiger partial charge >= 0.3 is 0 Å². The third-order valence-electron chi connectivity index (χ3n) is 2.56. The molecule has 0 atom stereocenters. The maximum atomic E-state index is 12.0. The third-order valence-corrected chi connectivity index (χ3v) is 4.35. The predicted molar refractivity (Wildman–Crippen MR) is 83.6 cm³/mol. The zero-order valence-electron chi connectivity index (χ0n) is 10.6. The van der Waals surface area contributed by atoms with Crippen LogP contribution in [0.3, 0.4) is 0 Å². The minimum atomic E-state index is -0.202. The number of nitrogens with one attached hydrogen (secondary N) is 1. The van der Waals surface area contributed by atoms with E-state index in [0.29, 0.717) is 5.56 Å². The van der Waals surface area contributed by atoms with Crippen molar-refractivity contribution in [3.63, 3.8) is 0 Å². The Morgan fingerprint density at radius 1 is 1.32 bits per heavy atom. The van der Waals surface area contributed by atoms with E-state index in [1.807, 2.05) is 25.3 Å². The summed E-state index contributed by atoms with van der Waals surface area (Å²) in [6.45, 7) is 4.02. The van der Waals surface area contributed by atoms with Crippen LogP contribution in [0.5, 0.6) is 0 Å².